The zero-order valence-corrected chi connectivity index (χ0v) is 14.0. The van der Waals surface area contributed by atoms with Crippen LogP contribution < -0.4 is 11.1 Å². The molecule has 0 aromatic heterocycles. The minimum absolute atomic E-state index is 0. The zero-order valence-electron chi connectivity index (χ0n) is 13.2. The fourth-order valence-corrected chi connectivity index (χ4v) is 2.31. The number of nitrogens with two attached hydrogens (primary N) is 1. The van der Waals surface area contributed by atoms with E-state index < -0.39 is 5.54 Å². The Labute approximate surface area is 138 Å². The van der Waals surface area contributed by atoms with Crippen molar-refractivity contribution in [3.63, 3.8) is 0 Å². The van der Waals surface area contributed by atoms with E-state index in [1.165, 1.54) is 11.1 Å². The van der Waals surface area contributed by atoms with Crippen LogP contribution in [-0.4, -0.2) is 5.91 Å². The van der Waals surface area contributed by atoms with Gasteiger partial charge in [0.25, 0.3) is 0 Å². The molecule has 3 N–H and O–H groups in total. The van der Waals surface area contributed by atoms with Crippen LogP contribution in [0.5, 0.6) is 0 Å². The van der Waals surface area contributed by atoms with Gasteiger partial charge in [0.15, 0.2) is 0 Å². The molecule has 0 aliphatic heterocycles. The number of hydrogen-bond donors (Lipinski definition) is 2. The van der Waals surface area contributed by atoms with Gasteiger partial charge in [-0.2, -0.15) is 0 Å². The van der Waals surface area contributed by atoms with Crippen molar-refractivity contribution in [3.05, 3.63) is 65.2 Å². The standard InChI is InChI=1S/C18H22N2O.ClH/c1-4-14-12-16(11-10-13(14)2)20-17(21)18(3,19)15-8-6-5-7-9-15;/h5-12H,4,19H2,1-3H3,(H,20,21);1H. The number of hydrogen-bond acceptors (Lipinski definition) is 2. The smallest absolute Gasteiger partial charge is 0.248 e. The summed E-state index contributed by atoms with van der Waals surface area (Å²) in [5, 5.41) is 2.92. The van der Waals surface area contributed by atoms with Gasteiger partial charge in [-0.05, 0) is 49.1 Å². The molecule has 4 heteroatoms. The van der Waals surface area contributed by atoms with Crippen LogP contribution in [0, 0.1) is 6.92 Å². The van der Waals surface area contributed by atoms with Crippen LogP contribution in [0.3, 0.4) is 0 Å². The van der Waals surface area contributed by atoms with Crippen molar-refractivity contribution in [2.75, 3.05) is 5.32 Å². The minimum Gasteiger partial charge on any atom is -0.324 e. The van der Waals surface area contributed by atoms with E-state index >= 15 is 0 Å². The number of nitrogens with one attached hydrogen (secondary N) is 1. The Bertz CT molecular complexity index is 639. The molecule has 3 nitrogen and oxygen atoms in total. The van der Waals surface area contributed by atoms with Crippen molar-refractivity contribution < 1.29 is 4.79 Å². The third-order valence-corrected chi connectivity index (χ3v) is 3.83. The second-order valence-corrected chi connectivity index (χ2v) is 5.52. The molecule has 0 aliphatic carbocycles. The summed E-state index contributed by atoms with van der Waals surface area (Å²) in [7, 11) is 0. The molecule has 0 saturated carbocycles. The normalized spacial score (nSPS) is 12.9. The number of aryl methyl sites for hydroxylation is 2. The van der Waals surface area contributed by atoms with Gasteiger partial charge < -0.3 is 11.1 Å². The monoisotopic (exact) mass is 318 g/mol. The van der Waals surface area contributed by atoms with Gasteiger partial charge in [0.05, 0.1) is 0 Å². The highest BCUT2D eigenvalue weighted by atomic mass is 35.5. The number of carbonyl (C=O) groups is 1. The first-order chi connectivity index (χ1) is 9.95. The van der Waals surface area contributed by atoms with E-state index in [2.05, 4.69) is 19.2 Å². The lowest BCUT2D eigenvalue weighted by Crippen LogP contribution is -2.45. The summed E-state index contributed by atoms with van der Waals surface area (Å²) >= 11 is 0. The molecule has 1 amide bonds. The molecule has 2 rings (SSSR count). The Morgan fingerprint density at radius 2 is 1.82 bits per heavy atom. The van der Waals surface area contributed by atoms with Crippen molar-refractivity contribution in [1.29, 1.82) is 0 Å². The lowest BCUT2D eigenvalue weighted by Gasteiger charge is -2.24. The molecule has 2 aromatic rings. The van der Waals surface area contributed by atoms with Gasteiger partial charge in [0.2, 0.25) is 5.91 Å². The van der Waals surface area contributed by atoms with Gasteiger partial charge in [0, 0.05) is 5.69 Å². The Kier molecular flexibility index (Phi) is 6.15. The first-order valence-corrected chi connectivity index (χ1v) is 7.20. The maximum absolute atomic E-state index is 12.5. The van der Waals surface area contributed by atoms with E-state index in [1.54, 1.807) is 6.92 Å². The third kappa shape index (κ3) is 3.87. The van der Waals surface area contributed by atoms with Crippen LogP contribution in [-0.2, 0) is 16.8 Å². The first-order valence-electron chi connectivity index (χ1n) is 7.20. The summed E-state index contributed by atoms with van der Waals surface area (Å²) in [5.74, 6) is -0.209. The Balaban J connectivity index is 0.00000242. The summed E-state index contributed by atoms with van der Waals surface area (Å²) < 4.78 is 0. The Morgan fingerprint density at radius 1 is 1.18 bits per heavy atom. The van der Waals surface area contributed by atoms with Crippen molar-refractivity contribution >= 4 is 24.0 Å². The van der Waals surface area contributed by atoms with Crippen molar-refractivity contribution in [1.82, 2.24) is 0 Å². The number of anilines is 1. The molecule has 118 valence electrons. The predicted octanol–water partition coefficient (Wildman–Crippen LogP) is 3.79. The number of halogens is 1. The molecular formula is C18H23ClN2O. The van der Waals surface area contributed by atoms with Crippen molar-refractivity contribution in [2.24, 2.45) is 5.73 Å². The Hall–Kier alpha value is -1.84. The van der Waals surface area contributed by atoms with E-state index in [4.69, 9.17) is 5.73 Å². The molecule has 0 saturated heterocycles. The van der Waals surface area contributed by atoms with E-state index in [9.17, 15) is 4.79 Å². The largest absolute Gasteiger partial charge is 0.324 e. The van der Waals surface area contributed by atoms with Crippen LogP contribution in [0.25, 0.3) is 0 Å². The maximum atomic E-state index is 12.5. The molecule has 1 atom stereocenters. The van der Waals surface area contributed by atoms with Crippen LogP contribution in [0.1, 0.15) is 30.5 Å². The number of amides is 1. The molecule has 0 heterocycles. The van der Waals surface area contributed by atoms with Gasteiger partial charge in [-0.25, -0.2) is 0 Å². The lowest BCUT2D eigenvalue weighted by atomic mass is 9.92. The summed E-state index contributed by atoms with van der Waals surface area (Å²) in [5.41, 5.74) is 9.20. The molecular weight excluding hydrogens is 296 g/mol. The van der Waals surface area contributed by atoms with Crippen LogP contribution in [0.15, 0.2) is 48.5 Å². The highest BCUT2D eigenvalue weighted by Gasteiger charge is 2.30. The fourth-order valence-electron chi connectivity index (χ4n) is 2.31. The fraction of sp³-hybridized carbons (Fsp3) is 0.278. The van der Waals surface area contributed by atoms with Crippen LogP contribution in [0.4, 0.5) is 5.69 Å². The van der Waals surface area contributed by atoms with E-state index in [-0.39, 0.29) is 18.3 Å². The Morgan fingerprint density at radius 3 is 2.41 bits per heavy atom. The number of benzene rings is 2. The second-order valence-electron chi connectivity index (χ2n) is 5.52. The summed E-state index contributed by atoms with van der Waals surface area (Å²) in [6, 6.07) is 15.3. The average molecular weight is 319 g/mol. The molecule has 1 unspecified atom stereocenters. The highest BCUT2D eigenvalue weighted by molar-refractivity contribution is 5.98. The van der Waals surface area contributed by atoms with Crippen molar-refractivity contribution in [2.45, 2.75) is 32.7 Å². The summed E-state index contributed by atoms with van der Waals surface area (Å²) in [6.07, 6.45) is 0.939. The second kappa shape index (κ2) is 7.43. The quantitative estimate of drug-likeness (QED) is 0.901. The maximum Gasteiger partial charge on any atom is 0.248 e. The summed E-state index contributed by atoms with van der Waals surface area (Å²) in [6.45, 7) is 5.90. The van der Waals surface area contributed by atoms with Crippen molar-refractivity contribution in [3.8, 4) is 0 Å². The van der Waals surface area contributed by atoms with Crippen LogP contribution in [0.2, 0.25) is 0 Å². The lowest BCUT2D eigenvalue weighted by molar-refractivity contribution is -0.120. The van der Waals surface area contributed by atoms with Gasteiger partial charge in [-0.15, -0.1) is 12.4 Å². The molecule has 2 aromatic carbocycles. The SMILES string of the molecule is CCc1cc(NC(=O)C(C)(N)c2ccccc2)ccc1C.Cl. The molecule has 0 spiro atoms. The predicted molar refractivity (Wildman–Crippen MR) is 94.4 cm³/mol. The van der Waals surface area contributed by atoms with Gasteiger partial charge >= 0.3 is 0 Å². The highest BCUT2D eigenvalue weighted by Crippen LogP contribution is 2.21. The molecule has 22 heavy (non-hydrogen) atoms. The topological polar surface area (TPSA) is 55.1 Å². The summed E-state index contributed by atoms with van der Waals surface area (Å²) in [4.78, 5) is 12.5. The van der Waals surface area contributed by atoms with E-state index in [0.29, 0.717) is 0 Å². The van der Waals surface area contributed by atoms with E-state index in [1.807, 2.05) is 48.5 Å². The average Bonchev–Trinajstić information content (AvgIpc) is 2.50. The molecule has 0 radical (unpaired) electrons. The molecule has 0 aliphatic rings. The number of carbonyl (C=O) groups excluding carboxylic acids is 1. The van der Waals surface area contributed by atoms with Gasteiger partial charge in [-0.1, -0.05) is 43.3 Å². The van der Waals surface area contributed by atoms with Gasteiger partial charge in [-0.3, -0.25) is 4.79 Å². The zero-order chi connectivity index (χ0) is 15.5. The minimum atomic E-state index is -1.06. The van der Waals surface area contributed by atoms with E-state index in [0.717, 1.165) is 17.7 Å². The van der Waals surface area contributed by atoms with Gasteiger partial charge in [0.1, 0.15) is 5.54 Å². The van der Waals surface area contributed by atoms with Crippen LogP contribution >= 0.6 is 12.4 Å². The molecule has 0 fully saturated rings. The molecule has 0 bridgehead atoms. The number of rotatable bonds is 4. The third-order valence-electron chi connectivity index (χ3n) is 3.83. The first kappa shape index (κ1) is 18.2.